The highest BCUT2D eigenvalue weighted by atomic mass is 35.5. The Hall–Kier alpha value is -1.10. The molecule has 100 valence electrons. The van der Waals surface area contributed by atoms with Crippen molar-refractivity contribution in [1.82, 2.24) is 10.2 Å². The van der Waals surface area contributed by atoms with E-state index >= 15 is 0 Å². The topological polar surface area (TPSA) is 59.2 Å². The predicted molar refractivity (Wildman–Crippen MR) is 71.5 cm³/mol. The van der Waals surface area contributed by atoms with Crippen molar-refractivity contribution in [3.8, 4) is 0 Å². The molecule has 1 aliphatic rings. The molecule has 0 bridgehead atoms. The summed E-state index contributed by atoms with van der Waals surface area (Å²) in [5.41, 5.74) is 0.491. The average molecular weight is 299 g/mol. The molecule has 6 heteroatoms. The van der Waals surface area contributed by atoms with Gasteiger partial charge in [0, 0.05) is 6.92 Å². The van der Waals surface area contributed by atoms with Crippen molar-refractivity contribution in [1.29, 1.82) is 0 Å². The van der Waals surface area contributed by atoms with Crippen molar-refractivity contribution in [2.75, 3.05) is 0 Å². The molecule has 0 atom stereocenters. The summed E-state index contributed by atoms with van der Waals surface area (Å²) in [7, 11) is 0. The van der Waals surface area contributed by atoms with E-state index in [0.717, 1.165) is 5.56 Å². The third-order valence-corrected chi connectivity index (χ3v) is 4.31. The van der Waals surface area contributed by atoms with Crippen LogP contribution in [0.3, 0.4) is 0 Å². The molecule has 0 saturated heterocycles. The van der Waals surface area contributed by atoms with Crippen LogP contribution < -0.4 is 0 Å². The maximum absolute atomic E-state index is 9.69. The SMILES string of the molecule is Cc1nnc(C2(c3ccc(Cl)c(Cl)c3)CC(O)C2)o1. The van der Waals surface area contributed by atoms with Gasteiger partial charge in [0.15, 0.2) is 0 Å². The lowest BCUT2D eigenvalue weighted by molar-refractivity contribution is 0.0246. The highest BCUT2D eigenvalue weighted by Gasteiger charge is 2.50. The number of aliphatic hydroxyl groups is 1. The fourth-order valence-corrected chi connectivity index (χ4v) is 2.86. The number of hydrogen-bond acceptors (Lipinski definition) is 4. The van der Waals surface area contributed by atoms with Crippen molar-refractivity contribution >= 4 is 23.2 Å². The van der Waals surface area contributed by atoms with Gasteiger partial charge in [0.1, 0.15) is 0 Å². The summed E-state index contributed by atoms with van der Waals surface area (Å²) >= 11 is 12.0. The summed E-state index contributed by atoms with van der Waals surface area (Å²) in [6.45, 7) is 1.74. The van der Waals surface area contributed by atoms with Crippen molar-refractivity contribution < 1.29 is 9.52 Å². The summed E-state index contributed by atoms with van der Waals surface area (Å²) < 4.78 is 5.55. The number of halogens is 2. The van der Waals surface area contributed by atoms with Crippen molar-refractivity contribution in [2.24, 2.45) is 0 Å². The number of benzene rings is 1. The molecule has 1 N–H and O–H groups in total. The zero-order chi connectivity index (χ0) is 13.6. The maximum atomic E-state index is 9.69. The first kappa shape index (κ1) is 12.9. The number of nitrogens with zero attached hydrogens (tertiary/aromatic N) is 2. The van der Waals surface area contributed by atoms with Crippen LogP contribution in [0.25, 0.3) is 0 Å². The van der Waals surface area contributed by atoms with Gasteiger partial charge in [0.2, 0.25) is 11.8 Å². The van der Waals surface area contributed by atoms with E-state index in [1.165, 1.54) is 0 Å². The second kappa shape index (κ2) is 4.47. The summed E-state index contributed by atoms with van der Waals surface area (Å²) in [4.78, 5) is 0. The van der Waals surface area contributed by atoms with E-state index in [1.807, 2.05) is 6.07 Å². The number of rotatable bonds is 2. The third-order valence-electron chi connectivity index (χ3n) is 3.58. The van der Waals surface area contributed by atoms with Crippen LogP contribution in [0.4, 0.5) is 0 Å². The largest absolute Gasteiger partial charge is 0.425 e. The molecule has 1 aliphatic carbocycles. The van der Waals surface area contributed by atoms with Gasteiger partial charge in [0.05, 0.1) is 21.6 Å². The van der Waals surface area contributed by atoms with Crippen molar-refractivity contribution in [2.45, 2.75) is 31.3 Å². The van der Waals surface area contributed by atoms with E-state index in [9.17, 15) is 5.11 Å². The van der Waals surface area contributed by atoms with Gasteiger partial charge in [-0.1, -0.05) is 29.3 Å². The first-order valence-corrected chi connectivity index (χ1v) is 6.71. The molecule has 0 spiro atoms. The van der Waals surface area contributed by atoms with Crippen LogP contribution in [0.2, 0.25) is 10.0 Å². The van der Waals surface area contributed by atoms with Crippen molar-refractivity contribution in [3.05, 3.63) is 45.6 Å². The smallest absolute Gasteiger partial charge is 0.227 e. The molecule has 1 aromatic heterocycles. The van der Waals surface area contributed by atoms with Crippen LogP contribution in [0.5, 0.6) is 0 Å². The minimum atomic E-state index is -0.449. The first-order valence-electron chi connectivity index (χ1n) is 5.95. The van der Waals surface area contributed by atoms with Gasteiger partial charge < -0.3 is 9.52 Å². The summed E-state index contributed by atoms with van der Waals surface area (Å²) in [5.74, 6) is 1.03. The van der Waals surface area contributed by atoms with Gasteiger partial charge in [-0.05, 0) is 30.5 Å². The molecule has 1 heterocycles. The van der Waals surface area contributed by atoms with Gasteiger partial charge in [-0.2, -0.15) is 0 Å². The summed E-state index contributed by atoms with van der Waals surface area (Å²) in [6.07, 6.45) is 0.737. The Morgan fingerprint density at radius 1 is 1.26 bits per heavy atom. The van der Waals surface area contributed by atoms with E-state index in [1.54, 1.807) is 19.1 Å². The zero-order valence-electron chi connectivity index (χ0n) is 10.2. The monoisotopic (exact) mass is 298 g/mol. The zero-order valence-corrected chi connectivity index (χ0v) is 11.7. The fourth-order valence-electron chi connectivity index (χ4n) is 2.56. The van der Waals surface area contributed by atoms with Crippen LogP contribution in [0, 0.1) is 6.92 Å². The molecule has 1 saturated carbocycles. The van der Waals surface area contributed by atoms with Crippen LogP contribution in [0.15, 0.2) is 22.6 Å². The Kier molecular flexibility index (Phi) is 3.04. The molecular weight excluding hydrogens is 287 g/mol. The maximum Gasteiger partial charge on any atom is 0.227 e. The number of aryl methyl sites for hydroxylation is 1. The predicted octanol–water partition coefficient (Wildman–Crippen LogP) is 3.13. The molecular formula is C13H12Cl2N2O2. The van der Waals surface area contributed by atoms with E-state index < -0.39 is 5.41 Å². The van der Waals surface area contributed by atoms with Gasteiger partial charge in [-0.3, -0.25) is 0 Å². The van der Waals surface area contributed by atoms with E-state index in [0.29, 0.717) is 34.7 Å². The molecule has 4 nitrogen and oxygen atoms in total. The molecule has 2 aromatic rings. The van der Waals surface area contributed by atoms with Gasteiger partial charge in [-0.25, -0.2) is 0 Å². The highest BCUT2D eigenvalue weighted by molar-refractivity contribution is 6.42. The molecule has 0 radical (unpaired) electrons. The summed E-state index contributed by atoms with van der Waals surface area (Å²) in [5, 5.41) is 18.6. The molecule has 3 rings (SSSR count). The van der Waals surface area contributed by atoms with Crippen LogP contribution in [-0.2, 0) is 5.41 Å². The second-order valence-electron chi connectivity index (χ2n) is 4.90. The Morgan fingerprint density at radius 2 is 2.00 bits per heavy atom. The normalized spacial score (nSPS) is 26.2. The Labute approximate surface area is 120 Å². The van der Waals surface area contributed by atoms with Gasteiger partial charge in [0.25, 0.3) is 0 Å². The Bertz CT molecular complexity index is 621. The van der Waals surface area contributed by atoms with Crippen LogP contribution in [-0.4, -0.2) is 21.4 Å². The van der Waals surface area contributed by atoms with E-state index in [-0.39, 0.29) is 6.10 Å². The number of aromatic nitrogens is 2. The second-order valence-corrected chi connectivity index (χ2v) is 5.71. The minimum Gasteiger partial charge on any atom is -0.425 e. The van der Waals surface area contributed by atoms with E-state index in [2.05, 4.69) is 10.2 Å². The highest BCUT2D eigenvalue weighted by Crippen LogP contribution is 2.49. The van der Waals surface area contributed by atoms with E-state index in [4.69, 9.17) is 27.6 Å². The number of aliphatic hydroxyl groups excluding tert-OH is 1. The Balaban J connectivity index is 2.08. The fraction of sp³-hybridized carbons (Fsp3) is 0.385. The summed E-state index contributed by atoms with van der Waals surface area (Å²) in [6, 6.07) is 5.43. The van der Waals surface area contributed by atoms with Gasteiger partial charge >= 0.3 is 0 Å². The lowest BCUT2D eigenvalue weighted by atomic mass is 9.62. The molecule has 1 fully saturated rings. The first-order chi connectivity index (χ1) is 9.01. The molecule has 1 aromatic carbocycles. The quantitative estimate of drug-likeness (QED) is 0.925. The average Bonchev–Trinajstić information content (AvgIpc) is 2.75. The lowest BCUT2D eigenvalue weighted by Gasteiger charge is -2.43. The molecule has 0 amide bonds. The third kappa shape index (κ3) is 2.04. The molecule has 19 heavy (non-hydrogen) atoms. The van der Waals surface area contributed by atoms with Gasteiger partial charge in [-0.15, -0.1) is 10.2 Å². The Morgan fingerprint density at radius 3 is 2.53 bits per heavy atom. The number of hydrogen-bond donors (Lipinski definition) is 1. The van der Waals surface area contributed by atoms with Crippen LogP contribution in [0.1, 0.15) is 30.2 Å². The minimum absolute atomic E-state index is 0.360. The van der Waals surface area contributed by atoms with Crippen LogP contribution >= 0.6 is 23.2 Å². The van der Waals surface area contributed by atoms with Crippen molar-refractivity contribution in [3.63, 3.8) is 0 Å². The lowest BCUT2D eigenvalue weighted by Crippen LogP contribution is -2.45. The standard InChI is InChI=1S/C13H12Cl2N2O2/c1-7-16-17-12(19-7)13(5-9(18)6-13)8-2-3-10(14)11(15)4-8/h2-4,9,18H,5-6H2,1H3. The molecule has 0 unspecified atom stereocenters. The molecule has 0 aliphatic heterocycles.